The Morgan fingerprint density at radius 2 is 2.00 bits per heavy atom. The Hall–Kier alpha value is -1.02. The van der Waals surface area contributed by atoms with Gasteiger partial charge in [0.15, 0.2) is 0 Å². The van der Waals surface area contributed by atoms with Crippen LogP contribution in [0, 0.1) is 11.8 Å². The summed E-state index contributed by atoms with van der Waals surface area (Å²) in [6.45, 7) is 6.28. The molecule has 1 aliphatic carbocycles. The normalized spacial score (nSPS) is 24.7. The summed E-state index contributed by atoms with van der Waals surface area (Å²) in [6.07, 6.45) is 4.52. The van der Waals surface area contributed by atoms with E-state index in [4.69, 9.17) is 4.74 Å². The Morgan fingerprint density at radius 3 is 2.63 bits per heavy atom. The van der Waals surface area contributed by atoms with Gasteiger partial charge in [-0.3, -0.25) is 0 Å². The van der Waals surface area contributed by atoms with E-state index >= 15 is 0 Å². The zero-order chi connectivity index (χ0) is 13.8. The SMILES string of the molecule is CCC1CCC(C(O)c2ccccc2OC(C)C)C1. The summed E-state index contributed by atoms with van der Waals surface area (Å²) in [5.74, 6) is 2.02. The summed E-state index contributed by atoms with van der Waals surface area (Å²) in [5.41, 5.74) is 0.956. The third kappa shape index (κ3) is 3.50. The van der Waals surface area contributed by atoms with Crippen LogP contribution in [0.2, 0.25) is 0 Å². The first-order chi connectivity index (χ1) is 9.11. The van der Waals surface area contributed by atoms with E-state index in [1.807, 2.05) is 38.1 Å². The highest BCUT2D eigenvalue weighted by Gasteiger charge is 2.31. The largest absolute Gasteiger partial charge is 0.491 e. The van der Waals surface area contributed by atoms with Gasteiger partial charge in [0, 0.05) is 5.56 Å². The van der Waals surface area contributed by atoms with E-state index < -0.39 is 0 Å². The average Bonchev–Trinajstić information content (AvgIpc) is 2.86. The number of para-hydroxylation sites is 1. The second kappa shape index (κ2) is 6.42. The molecule has 0 aliphatic heterocycles. The van der Waals surface area contributed by atoms with E-state index in [0.29, 0.717) is 5.92 Å². The second-order valence-corrected chi connectivity index (χ2v) is 6.00. The van der Waals surface area contributed by atoms with Gasteiger partial charge in [0.25, 0.3) is 0 Å². The van der Waals surface area contributed by atoms with Gasteiger partial charge in [0.2, 0.25) is 0 Å². The highest BCUT2D eigenvalue weighted by molar-refractivity contribution is 5.35. The van der Waals surface area contributed by atoms with E-state index in [2.05, 4.69) is 6.92 Å². The summed E-state index contributed by atoms with van der Waals surface area (Å²) >= 11 is 0. The molecule has 0 bridgehead atoms. The highest BCUT2D eigenvalue weighted by atomic mass is 16.5. The van der Waals surface area contributed by atoms with Crippen molar-refractivity contribution in [3.63, 3.8) is 0 Å². The molecule has 3 atom stereocenters. The summed E-state index contributed by atoms with van der Waals surface area (Å²) in [7, 11) is 0. The number of hydrogen-bond donors (Lipinski definition) is 1. The van der Waals surface area contributed by atoms with E-state index in [0.717, 1.165) is 30.1 Å². The monoisotopic (exact) mass is 262 g/mol. The molecule has 0 saturated heterocycles. The lowest BCUT2D eigenvalue weighted by atomic mass is 9.92. The maximum atomic E-state index is 10.6. The molecule has 2 nitrogen and oxygen atoms in total. The van der Waals surface area contributed by atoms with Gasteiger partial charge in [-0.1, -0.05) is 38.0 Å². The van der Waals surface area contributed by atoms with Gasteiger partial charge in [-0.25, -0.2) is 0 Å². The van der Waals surface area contributed by atoms with Crippen molar-refractivity contribution in [2.75, 3.05) is 0 Å². The predicted molar refractivity (Wildman–Crippen MR) is 78.3 cm³/mol. The number of rotatable bonds is 5. The molecule has 3 unspecified atom stereocenters. The molecule has 19 heavy (non-hydrogen) atoms. The zero-order valence-electron chi connectivity index (χ0n) is 12.3. The first-order valence-electron chi connectivity index (χ1n) is 7.55. The van der Waals surface area contributed by atoms with E-state index in [-0.39, 0.29) is 12.2 Å². The van der Waals surface area contributed by atoms with Crippen LogP contribution >= 0.6 is 0 Å². The summed E-state index contributed by atoms with van der Waals surface area (Å²) < 4.78 is 5.82. The number of hydrogen-bond acceptors (Lipinski definition) is 2. The van der Waals surface area contributed by atoms with Crippen LogP contribution in [0.5, 0.6) is 5.75 Å². The molecule has 0 spiro atoms. The first kappa shape index (κ1) is 14.4. The zero-order valence-corrected chi connectivity index (χ0v) is 12.3. The number of ether oxygens (including phenoxy) is 1. The highest BCUT2D eigenvalue weighted by Crippen LogP contribution is 2.42. The Kier molecular flexibility index (Phi) is 4.87. The molecule has 0 aromatic heterocycles. The van der Waals surface area contributed by atoms with Crippen molar-refractivity contribution in [2.24, 2.45) is 11.8 Å². The van der Waals surface area contributed by atoms with E-state index in [1.165, 1.54) is 12.8 Å². The van der Waals surface area contributed by atoms with Crippen LogP contribution in [0.3, 0.4) is 0 Å². The van der Waals surface area contributed by atoms with Crippen molar-refractivity contribution in [1.82, 2.24) is 0 Å². The van der Waals surface area contributed by atoms with Crippen LogP contribution in [0.4, 0.5) is 0 Å². The van der Waals surface area contributed by atoms with Crippen LogP contribution in [0.1, 0.15) is 58.1 Å². The van der Waals surface area contributed by atoms with Crippen LogP contribution in [-0.2, 0) is 0 Å². The van der Waals surface area contributed by atoms with Crippen LogP contribution in [0.25, 0.3) is 0 Å². The molecule has 1 fully saturated rings. The Morgan fingerprint density at radius 1 is 1.26 bits per heavy atom. The summed E-state index contributed by atoms with van der Waals surface area (Å²) in [6, 6.07) is 7.92. The van der Waals surface area contributed by atoms with Crippen LogP contribution in [-0.4, -0.2) is 11.2 Å². The van der Waals surface area contributed by atoms with Crippen molar-refractivity contribution in [2.45, 2.75) is 58.7 Å². The molecule has 106 valence electrons. The molecule has 0 radical (unpaired) electrons. The fourth-order valence-corrected chi connectivity index (χ4v) is 3.11. The predicted octanol–water partition coefficient (Wildman–Crippen LogP) is 4.33. The van der Waals surface area contributed by atoms with Gasteiger partial charge < -0.3 is 9.84 Å². The fourth-order valence-electron chi connectivity index (χ4n) is 3.11. The lowest BCUT2D eigenvalue weighted by Crippen LogP contribution is -2.14. The maximum absolute atomic E-state index is 10.6. The molecule has 2 heteroatoms. The minimum absolute atomic E-state index is 0.139. The third-order valence-electron chi connectivity index (χ3n) is 4.21. The fraction of sp³-hybridized carbons (Fsp3) is 0.647. The lowest BCUT2D eigenvalue weighted by Gasteiger charge is -2.22. The molecule has 1 saturated carbocycles. The Labute approximate surface area is 116 Å². The molecule has 0 heterocycles. The molecule has 1 aromatic carbocycles. The van der Waals surface area contributed by atoms with E-state index in [9.17, 15) is 5.11 Å². The quantitative estimate of drug-likeness (QED) is 0.855. The molecule has 0 amide bonds. The first-order valence-corrected chi connectivity index (χ1v) is 7.55. The smallest absolute Gasteiger partial charge is 0.125 e. The molecule has 1 N–H and O–H groups in total. The number of aliphatic hydroxyl groups is 1. The Balaban J connectivity index is 2.12. The standard InChI is InChI=1S/C17H26O2/c1-4-13-9-10-14(11-13)17(18)15-7-5-6-8-16(15)19-12(2)3/h5-8,12-14,17-18H,4,9-11H2,1-3H3. The van der Waals surface area contributed by atoms with E-state index in [1.54, 1.807) is 0 Å². The van der Waals surface area contributed by atoms with Gasteiger partial charge in [0.1, 0.15) is 5.75 Å². The topological polar surface area (TPSA) is 29.5 Å². The second-order valence-electron chi connectivity index (χ2n) is 6.00. The molecular weight excluding hydrogens is 236 g/mol. The minimum atomic E-state index is -0.383. The van der Waals surface area contributed by atoms with Gasteiger partial charge in [0.05, 0.1) is 12.2 Å². The lowest BCUT2D eigenvalue weighted by molar-refractivity contribution is 0.103. The van der Waals surface area contributed by atoms with Gasteiger partial charge in [-0.05, 0) is 44.6 Å². The third-order valence-corrected chi connectivity index (χ3v) is 4.21. The minimum Gasteiger partial charge on any atom is -0.491 e. The van der Waals surface area contributed by atoms with Crippen LogP contribution in [0.15, 0.2) is 24.3 Å². The average molecular weight is 262 g/mol. The van der Waals surface area contributed by atoms with Crippen molar-refractivity contribution in [3.05, 3.63) is 29.8 Å². The molecular formula is C17H26O2. The van der Waals surface area contributed by atoms with Gasteiger partial charge >= 0.3 is 0 Å². The van der Waals surface area contributed by atoms with Crippen molar-refractivity contribution >= 4 is 0 Å². The number of aliphatic hydroxyl groups excluding tert-OH is 1. The van der Waals surface area contributed by atoms with Crippen molar-refractivity contribution in [1.29, 1.82) is 0 Å². The van der Waals surface area contributed by atoms with Gasteiger partial charge in [-0.15, -0.1) is 0 Å². The van der Waals surface area contributed by atoms with Crippen molar-refractivity contribution < 1.29 is 9.84 Å². The van der Waals surface area contributed by atoms with Gasteiger partial charge in [-0.2, -0.15) is 0 Å². The van der Waals surface area contributed by atoms with Crippen LogP contribution < -0.4 is 4.74 Å². The molecule has 1 aromatic rings. The molecule has 1 aliphatic rings. The Bertz CT molecular complexity index is 400. The summed E-state index contributed by atoms with van der Waals surface area (Å²) in [4.78, 5) is 0. The maximum Gasteiger partial charge on any atom is 0.125 e. The number of benzene rings is 1. The summed E-state index contributed by atoms with van der Waals surface area (Å²) in [5, 5.41) is 10.6. The molecule has 2 rings (SSSR count). The van der Waals surface area contributed by atoms with Crippen molar-refractivity contribution in [3.8, 4) is 5.75 Å².